The largest absolute Gasteiger partial charge is 0.385 e. The molecule has 0 heterocycles. The smallest absolute Gasteiger partial charge is 0.0477 e. The number of methoxy groups -OCH3 is 1. The summed E-state index contributed by atoms with van der Waals surface area (Å²) in [5.41, 5.74) is 0. The molecule has 0 aliphatic rings. The van der Waals surface area contributed by atoms with Crippen LogP contribution in [0.2, 0.25) is 0 Å². The molecule has 0 fully saturated rings. The standard InChI is InChI=1S/C13H29NO/c1-5-10-14-13(9-11-15-4)8-6-7-12(2)3/h12-14H,5-11H2,1-4H3. The Morgan fingerprint density at radius 3 is 2.40 bits per heavy atom. The Hall–Kier alpha value is -0.0800. The first kappa shape index (κ1) is 14.9. The zero-order valence-corrected chi connectivity index (χ0v) is 11.0. The fourth-order valence-electron chi connectivity index (χ4n) is 1.73. The molecule has 0 radical (unpaired) electrons. The monoisotopic (exact) mass is 215 g/mol. The van der Waals surface area contributed by atoms with Crippen LogP contribution in [0.25, 0.3) is 0 Å². The molecule has 0 aromatic heterocycles. The van der Waals surface area contributed by atoms with E-state index in [1.165, 1.54) is 25.7 Å². The van der Waals surface area contributed by atoms with Crippen molar-refractivity contribution in [3.63, 3.8) is 0 Å². The van der Waals surface area contributed by atoms with Crippen LogP contribution in [0, 0.1) is 5.92 Å². The molecule has 2 nitrogen and oxygen atoms in total. The molecule has 1 atom stereocenters. The molecule has 0 aromatic carbocycles. The zero-order valence-electron chi connectivity index (χ0n) is 11.0. The minimum absolute atomic E-state index is 0.656. The van der Waals surface area contributed by atoms with Gasteiger partial charge in [-0.25, -0.2) is 0 Å². The Morgan fingerprint density at radius 2 is 1.87 bits per heavy atom. The van der Waals surface area contributed by atoms with Crippen molar-refractivity contribution in [2.75, 3.05) is 20.3 Å². The van der Waals surface area contributed by atoms with Crippen molar-refractivity contribution >= 4 is 0 Å². The summed E-state index contributed by atoms with van der Waals surface area (Å²) in [4.78, 5) is 0. The third-order valence-corrected chi connectivity index (χ3v) is 2.69. The van der Waals surface area contributed by atoms with Crippen LogP contribution in [0.1, 0.15) is 52.9 Å². The number of rotatable bonds is 10. The second-order valence-electron chi connectivity index (χ2n) is 4.76. The first-order valence-electron chi connectivity index (χ1n) is 6.43. The maximum atomic E-state index is 5.14. The van der Waals surface area contributed by atoms with Gasteiger partial charge in [-0.05, 0) is 31.7 Å². The van der Waals surface area contributed by atoms with Crippen LogP contribution in [-0.4, -0.2) is 26.3 Å². The number of hydrogen-bond donors (Lipinski definition) is 1. The topological polar surface area (TPSA) is 21.3 Å². The maximum absolute atomic E-state index is 5.14. The van der Waals surface area contributed by atoms with Gasteiger partial charge < -0.3 is 10.1 Å². The van der Waals surface area contributed by atoms with Crippen LogP contribution in [0.4, 0.5) is 0 Å². The van der Waals surface area contributed by atoms with Crippen molar-refractivity contribution in [2.45, 2.75) is 58.9 Å². The van der Waals surface area contributed by atoms with Crippen molar-refractivity contribution in [2.24, 2.45) is 5.92 Å². The summed E-state index contributed by atoms with van der Waals surface area (Å²) in [6.07, 6.45) is 6.34. The van der Waals surface area contributed by atoms with Gasteiger partial charge in [0.1, 0.15) is 0 Å². The number of nitrogens with one attached hydrogen (secondary N) is 1. The predicted molar refractivity (Wildman–Crippen MR) is 67.3 cm³/mol. The lowest BCUT2D eigenvalue weighted by atomic mass is 10.0. The van der Waals surface area contributed by atoms with Crippen molar-refractivity contribution < 1.29 is 4.74 Å². The molecule has 0 saturated carbocycles. The third kappa shape index (κ3) is 10.2. The van der Waals surface area contributed by atoms with Gasteiger partial charge in [0.2, 0.25) is 0 Å². The van der Waals surface area contributed by atoms with Crippen molar-refractivity contribution in [1.82, 2.24) is 5.32 Å². The molecule has 0 spiro atoms. The van der Waals surface area contributed by atoms with Gasteiger partial charge in [0.05, 0.1) is 0 Å². The van der Waals surface area contributed by atoms with E-state index in [0.717, 1.165) is 25.5 Å². The van der Waals surface area contributed by atoms with E-state index in [-0.39, 0.29) is 0 Å². The molecule has 92 valence electrons. The van der Waals surface area contributed by atoms with Gasteiger partial charge in [-0.3, -0.25) is 0 Å². The lowest BCUT2D eigenvalue weighted by Gasteiger charge is -2.18. The molecule has 1 N–H and O–H groups in total. The quantitative estimate of drug-likeness (QED) is 0.604. The molecule has 2 heteroatoms. The summed E-state index contributed by atoms with van der Waals surface area (Å²) in [5.74, 6) is 0.833. The predicted octanol–water partition coefficient (Wildman–Crippen LogP) is 3.22. The SMILES string of the molecule is CCCNC(CCCC(C)C)CCOC. The summed E-state index contributed by atoms with van der Waals surface area (Å²) in [7, 11) is 1.78. The van der Waals surface area contributed by atoms with E-state index in [1.807, 2.05) is 0 Å². The summed E-state index contributed by atoms with van der Waals surface area (Å²) in [5, 5.41) is 3.60. The summed E-state index contributed by atoms with van der Waals surface area (Å²) in [6, 6.07) is 0.656. The van der Waals surface area contributed by atoms with Gasteiger partial charge in [-0.1, -0.05) is 33.6 Å². The van der Waals surface area contributed by atoms with Gasteiger partial charge in [-0.15, -0.1) is 0 Å². The van der Waals surface area contributed by atoms with E-state index in [0.29, 0.717) is 6.04 Å². The van der Waals surface area contributed by atoms with Crippen LogP contribution in [0.5, 0.6) is 0 Å². The highest BCUT2D eigenvalue weighted by Crippen LogP contribution is 2.10. The highest BCUT2D eigenvalue weighted by atomic mass is 16.5. The van der Waals surface area contributed by atoms with Gasteiger partial charge in [0.15, 0.2) is 0 Å². The van der Waals surface area contributed by atoms with E-state index in [9.17, 15) is 0 Å². The van der Waals surface area contributed by atoms with Crippen molar-refractivity contribution in [3.8, 4) is 0 Å². The Morgan fingerprint density at radius 1 is 1.13 bits per heavy atom. The maximum Gasteiger partial charge on any atom is 0.0477 e. The molecule has 0 rings (SSSR count). The van der Waals surface area contributed by atoms with E-state index >= 15 is 0 Å². The molecule has 0 aliphatic carbocycles. The molecule has 1 unspecified atom stereocenters. The van der Waals surface area contributed by atoms with Crippen LogP contribution in [0.3, 0.4) is 0 Å². The number of hydrogen-bond acceptors (Lipinski definition) is 2. The Bertz CT molecular complexity index is 118. The molecule has 0 amide bonds. The minimum atomic E-state index is 0.656. The van der Waals surface area contributed by atoms with Crippen LogP contribution >= 0.6 is 0 Å². The van der Waals surface area contributed by atoms with Crippen molar-refractivity contribution in [3.05, 3.63) is 0 Å². The second-order valence-corrected chi connectivity index (χ2v) is 4.76. The van der Waals surface area contributed by atoms with E-state index < -0.39 is 0 Å². The molecule has 0 aliphatic heterocycles. The lowest BCUT2D eigenvalue weighted by molar-refractivity contribution is 0.180. The Balaban J connectivity index is 3.58. The Labute approximate surface area is 95.8 Å². The van der Waals surface area contributed by atoms with Crippen molar-refractivity contribution in [1.29, 1.82) is 0 Å². The normalized spacial score (nSPS) is 13.4. The van der Waals surface area contributed by atoms with Crippen LogP contribution in [0.15, 0.2) is 0 Å². The van der Waals surface area contributed by atoms with Gasteiger partial charge in [0, 0.05) is 19.8 Å². The lowest BCUT2D eigenvalue weighted by Crippen LogP contribution is -2.30. The highest BCUT2D eigenvalue weighted by Gasteiger charge is 2.07. The third-order valence-electron chi connectivity index (χ3n) is 2.69. The van der Waals surface area contributed by atoms with Crippen LogP contribution < -0.4 is 5.32 Å². The van der Waals surface area contributed by atoms with Gasteiger partial charge >= 0.3 is 0 Å². The average Bonchev–Trinajstić information content (AvgIpc) is 2.20. The summed E-state index contributed by atoms with van der Waals surface area (Å²) >= 11 is 0. The van der Waals surface area contributed by atoms with E-state index in [2.05, 4.69) is 26.1 Å². The summed E-state index contributed by atoms with van der Waals surface area (Å²) in [6.45, 7) is 8.82. The first-order valence-corrected chi connectivity index (χ1v) is 6.43. The average molecular weight is 215 g/mol. The van der Waals surface area contributed by atoms with E-state index in [1.54, 1.807) is 7.11 Å². The minimum Gasteiger partial charge on any atom is -0.385 e. The van der Waals surface area contributed by atoms with Crippen LogP contribution in [-0.2, 0) is 4.74 Å². The fourth-order valence-corrected chi connectivity index (χ4v) is 1.73. The number of ether oxygens (including phenoxy) is 1. The van der Waals surface area contributed by atoms with E-state index in [4.69, 9.17) is 4.74 Å². The Kier molecular flexibility index (Phi) is 10.4. The first-order chi connectivity index (χ1) is 7.20. The highest BCUT2D eigenvalue weighted by molar-refractivity contribution is 4.66. The molecule has 0 saturated heterocycles. The molecular formula is C13H29NO. The van der Waals surface area contributed by atoms with Gasteiger partial charge in [0.25, 0.3) is 0 Å². The molecule has 0 aromatic rings. The molecule has 15 heavy (non-hydrogen) atoms. The second kappa shape index (κ2) is 10.4. The molecule has 0 bridgehead atoms. The molecular weight excluding hydrogens is 186 g/mol. The summed E-state index contributed by atoms with van der Waals surface area (Å²) < 4.78 is 5.14. The zero-order chi connectivity index (χ0) is 11.5. The van der Waals surface area contributed by atoms with Gasteiger partial charge in [-0.2, -0.15) is 0 Å². The fraction of sp³-hybridized carbons (Fsp3) is 1.00.